The van der Waals surface area contributed by atoms with E-state index in [0.29, 0.717) is 4.75 Å². The minimum absolute atomic E-state index is 0.655. The molecule has 0 radical (unpaired) electrons. The van der Waals surface area contributed by atoms with Crippen molar-refractivity contribution in [2.75, 3.05) is 6.26 Å². The summed E-state index contributed by atoms with van der Waals surface area (Å²) in [7, 11) is 0. The monoisotopic (exact) mass is 324 g/mol. The maximum atomic E-state index is 2.36. The normalized spacial score (nSPS) is 36.4. The summed E-state index contributed by atoms with van der Waals surface area (Å²) in [6.07, 6.45) is 23.3. The zero-order valence-corrected chi connectivity index (χ0v) is 16.4. The molecule has 2 rings (SSSR count). The molecule has 0 saturated heterocycles. The Labute approximate surface area is 144 Å². The van der Waals surface area contributed by atoms with E-state index < -0.39 is 0 Å². The van der Waals surface area contributed by atoms with E-state index in [4.69, 9.17) is 0 Å². The van der Waals surface area contributed by atoms with Crippen LogP contribution < -0.4 is 0 Å². The number of hydrogen-bond acceptors (Lipinski definition) is 1. The molecule has 0 spiro atoms. The van der Waals surface area contributed by atoms with E-state index in [1.165, 1.54) is 64.2 Å². The molecular formula is C21H40S. The van der Waals surface area contributed by atoms with E-state index in [-0.39, 0.29) is 0 Å². The molecule has 0 heterocycles. The molecule has 2 saturated carbocycles. The fraction of sp³-hybridized carbons (Fsp3) is 1.00. The van der Waals surface area contributed by atoms with Crippen molar-refractivity contribution >= 4 is 11.8 Å². The summed E-state index contributed by atoms with van der Waals surface area (Å²) in [5.41, 5.74) is 0. The molecule has 1 heteroatoms. The largest absolute Gasteiger partial charge is 0.159 e. The smallest absolute Gasteiger partial charge is 0.0157 e. The highest BCUT2D eigenvalue weighted by molar-refractivity contribution is 8.00. The van der Waals surface area contributed by atoms with Crippen LogP contribution in [0.25, 0.3) is 0 Å². The van der Waals surface area contributed by atoms with Crippen LogP contribution in [0.2, 0.25) is 0 Å². The first-order valence-corrected chi connectivity index (χ1v) is 11.5. The van der Waals surface area contributed by atoms with Crippen molar-refractivity contribution in [2.24, 2.45) is 17.8 Å². The summed E-state index contributed by atoms with van der Waals surface area (Å²) in [4.78, 5) is 0. The third-order valence-corrected chi connectivity index (χ3v) is 8.33. The molecule has 0 atom stereocenters. The lowest BCUT2D eigenvalue weighted by Gasteiger charge is -2.43. The molecule has 2 aliphatic carbocycles. The van der Waals surface area contributed by atoms with Gasteiger partial charge in [0, 0.05) is 4.75 Å². The molecular weight excluding hydrogens is 284 g/mol. The van der Waals surface area contributed by atoms with Gasteiger partial charge in [0.1, 0.15) is 0 Å². The lowest BCUT2D eigenvalue weighted by molar-refractivity contribution is 0.148. The highest BCUT2D eigenvalue weighted by Crippen LogP contribution is 2.48. The van der Waals surface area contributed by atoms with E-state index in [2.05, 4.69) is 31.9 Å². The molecule has 2 fully saturated rings. The minimum Gasteiger partial charge on any atom is -0.159 e. The second kappa shape index (κ2) is 9.60. The van der Waals surface area contributed by atoms with Gasteiger partial charge in [0.25, 0.3) is 0 Å². The Bertz CT molecular complexity index is 282. The molecule has 0 amide bonds. The van der Waals surface area contributed by atoms with Gasteiger partial charge < -0.3 is 0 Å². The van der Waals surface area contributed by atoms with Crippen LogP contribution in [0.3, 0.4) is 0 Å². The maximum Gasteiger partial charge on any atom is 0.0157 e. The molecule has 0 bridgehead atoms. The Morgan fingerprint density at radius 3 is 2.00 bits per heavy atom. The molecule has 0 unspecified atom stereocenters. The van der Waals surface area contributed by atoms with Gasteiger partial charge in [-0.25, -0.2) is 0 Å². The van der Waals surface area contributed by atoms with E-state index in [0.717, 1.165) is 17.8 Å². The van der Waals surface area contributed by atoms with Crippen molar-refractivity contribution in [3.63, 3.8) is 0 Å². The van der Waals surface area contributed by atoms with Gasteiger partial charge in [-0.05, 0) is 69.0 Å². The molecule has 22 heavy (non-hydrogen) atoms. The van der Waals surface area contributed by atoms with Gasteiger partial charge in [0.15, 0.2) is 0 Å². The Morgan fingerprint density at radius 2 is 1.45 bits per heavy atom. The van der Waals surface area contributed by atoms with Gasteiger partial charge in [-0.2, -0.15) is 11.8 Å². The van der Waals surface area contributed by atoms with Crippen LogP contribution in [-0.4, -0.2) is 11.0 Å². The molecule has 130 valence electrons. The first kappa shape index (κ1) is 18.7. The van der Waals surface area contributed by atoms with Crippen LogP contribution in [0.15, 0.2) is 0 Å². The minimum atomic E-state index is 0.655. The Morgan fingerprint density at radius 1 is 0.818 bits per heavy atom. The standard InChI is InChI=1S/C21H40S/c1-4-6-7-8-18-9-11-19(12-10-18)20-13-16-21(22-3,15-5-2)17-14-20/h18-20H,4-17H2,1-3H3. The van der Waals surface area contributed by atoms with E-state index >= 15 is 0 Å². The van der Waals surface area contributed by atoms with Gasteiger partial charge in [-0.3, -0.25) is 0 Å². The third-order valence-electron chi connectivity index (χ3n) is 6.85. The van der Waals surface area contributed by atoms with Crippen LogP contribution >= 0.6 is 11.8 Å². The fourth-order valence-electron chi connectivity index (χ4n) is 5.28. The van der Waals surface area contributed by atoms with E-state index in [1.54, 1.807) is 25.7 Å². The summed E-state index contributed by atoms with van der Waals surface area (Å²) in [6.45, 7) is 4.69. The SMILES string of the molecule is CCCCCC1CCC(C2CCC(CCC)(SC)CC2)CC1. The van der Waals surface area contributed by atoms with Crippen LogP contribution in [0.5, 0.6) is 0 Å². The molecule has 0 aromatic carbocycles. The predicted octanol–water partition coefficient (Wildman–Crippen LogP) is 7.47. The first-order chi connectivity index (χ1) is 10.7. The number of thioether (sulfide) groups is 1. The van der Waals surface area contributed by atoms with Gasteiger partial charge >= 0.3 is 0 Å². The average Bonchev–Trinajstić information content (AvgIpc) is 2.57. The average molecular weight is 325 g/mol. The Hall–Kier alpha value is 0.350. The van der Waals surface area contributed by atoms with Crippen LogP contribution in [0.4, 0.5) is 0 Å². The lowest BCUT2D eigenvalue weighted by Crippen LogP contribution is -2.34. The van der Waals surface area contributed by atoms with Crippen LogP contribution in [0, 0.1) is 17.8 Å². The first-order valence-electron chi connectivity index (χ1n) is 10.3. The summed E-state index contributed by atoms with van der Waals surface area (Å²) >= 11 is 2.18. The highest BCUT2D eigenvalue weighted by atomic mass is 32.2. The van der Waals surface area contributed by atoms with Crippen molar-refractivity contribution in [1.82, 2.24) is 0 Å². The second-order valence-corrected chi connectivity index (χ2v) is 9.53. The Kier molecular flexibility index (Phi) is 8.15. The number of unbranched alkanes of at least 4 members (excludes halogenated alkanes) is 2. The van der Waals surface area contributed by atoms with Crippen molar-refractivity contribution in [3.05, 3.63) is 0 Å². The lowest BCUT2D eigenvalue weighted by atomic mass is 9.68. The van der Waals surface area contributed by atoms with Gasteiger partial charge in [0.05, 0.1) is 0 Å². The quantitative estimate of drug-likeness (QED) is 0.417. The topological polar surface area (TPSA) is 0 Å². The predicted molar refractivity (Wildman–Crippen MR) is 103 cm³/mol. The van der Waals surface area contributed by atoms with Gasteiger partial charge in [0.2, 0.25) is 0 Å². The highest BCUT2D eigenvalue weighted by Gasteiger charge is 2.37. The van der Waals surface area contributed by atoms with E-state index in [9.17, 15) is 0 Å². The molecule has 0 nitrogen and oxygen atoms in total. The van der Waals surface area contributed by atoms with Crippen LogP contribution in [0.1, 0.15) is 104 Å². The van der Waals surface area contributed by atoms with E-state index in [1.807, 2.05) is 0 Å². The second-order valence-electron chi connectivity index (χ2n) is 8.25. The molecule has 0 aliphatic heterocycles. The molecule has 2 aliphatic rings. The summed E-state index contributed by atoms with van der Waals surface area (Å²) < 4.78 is 0.655. The zero-order chi connectivity index (χ0) is 15.8. The Balaban J connectivity index is 1.70. The van der Waals surface area contributed by atoms with Gasteiger partial charge in [-0.15, -0.1) is 0 Å². The van der Waals surface area contributed by atoms with Crippen molar-refractivity contribution in [2.45, 2.75) is 108 Å². The number of hydrogen-bond donors (Lipinski definition) is 0. The van der Waals surface area contributed by atoms with Crippen LogP contribution in [-0.2, 0) is 0 Å². The van der Waals surface area contributed by atoms with Crippen molar-refractivity contribution in [3.8, 4) is 0 Å². The summed E-state index contributed by atoms with van der Waals surface area (Å²) in [5, 5.41) is 0. The maximum absolute atomic E-state index is 2.36. The van der Waals surface area contributed by atoms with Crippen molar-refractivity contribution < 1.29 is 0 Å². The third kappa shape index (κ3) is 5.18. The fourth-order valence-corrected chi connectivity index (χ4v) is 6.33. The molecule has 0 aromatic rings. The molecule has 0 N–H and O–H groups in total. The summed E-state index contributed by atoms with van der Waals surface area (Å²) in [6, 6.07) is 0. The van der Waals surface area contributed by atoms with Gasteiger partial charge in [-0.1, -0.05) is 58.8 Å². The zero-order valence-electron chi connectivity index (χ0n) is 15.5. The van der Waals surface area contributed by atoms with Crippen molar-refractivity contribution in [1.29, 1.82) is 0 Å². The summed E-state index contributed by atoms with van der Waals surface area (Å²) in [5.74, 6) is 3.24. The number of rotatable bonds is 8. The molecule has 0 aromatic heterocycles.